The summed E-state index contributed by atoms with van der Waals surface area (Å²) in [6.07, 6.45) is 16.2. The van der Waals surface area contributed by atoms with Crippen LogP contribution in [0.5, 0.6) is 0 Å². The smallest absolute Gasteiger partial charge is 0.225 e. The fraction of sp³-hybridized carbons (Fsp3) is 0.667. The molecule has 1 aromatic rings. The van der Waals surface area contributed by atoms with Crippen molar-refractivity contribution in [2.75, 3.05) is 0 Å². The van der Waals surface area contributed by atoms with E-state index in [4.69, 9.17) is 4.43 Å². The Labute approximate surface area is 256 Å². The van der Waals surface area contributed by atoms with Gasteiger partial charge in [0.1, 0.15) is 0 Å². The van der Waals surface area contributed by atoms with E-state index in [9.17, 15) is 22.0 Å². The number of rotatable bonds is 7. The fourth-order valence-corrected chi connectivity index (χ4v) is 11.7. The summed E-state index contributed by atoms with van der Waals surface area (Å²) in [5.74, 6) is -5.97. The van der Waals surface area contributed by atoms with Gasteiger partial charge < -0.3 is 4.43 Å². The highest BCUT2D eigenvalue weighted by atomic mass is 28.4. The number of fused-ring (bicyclic) bond motifs is 5. The predicted octanol–water partition coefficient (Wildman–Crippen LogP) is 10.2. The molecular weight excluding hydrogens is 571 g/mol. The van der Waals surface area contributed by atoms with Crippen LogP contribution in [0.1, 0.15) is 86.5 Å². The third-order valence-electron chi connectivity index (χ3n) is 12.3. The molecule has 1 aromatic carbocycles. The zero-order valence-electron chi connectivity index (χ0n) is 27.1. The summed E-state index contributed by atoms with van der Waals surface area (Å²) in [6.45, 7) is 17.2. The molecule has 4 aliphatic rings. The molecule has 43 heavy (non-hydrogen) atoms. The summed E-state index contributed by atoms with van der Waals surface area (Å²) in [5.41, 5.74) is 3.18. The molecule has 0 heterocycles. The van der Waals surface area contributed by atoms with E-state index in [0.29, 0.717) is 53.8 Å². The molecular formula is C36H49F5OSi. The minimum absolute atomic E-state index is 0.00212. The van der Waals surface area contributed by atoms with Crippen molar-refractivity contribution in [3.05, 3.63) is 64.5 Å². The summed E-state index contributed by atoms with van der Waals surface area (Å²) in [7, 11) is -3.47. The van der Waals surface area contributed by atoms with E-state index >= 15 is 0 Å². The Morgan fingerprint density at radius 2 is 1.42 bits per heavy atom. The Morgan fingerprint density at radius 1 is 0.791 bits per heavy atom. The van der Waals surface area contributed by atoms with Crippen LogP contribution < -0.4 is 5.19 Å². The van der Waals surface area contributed by atoms with Gasteiger partial charge in [-0.15, -0.1) is 0 Å². The highest BCUT2D eigenvalue weighted by Gasteiger charge is 2.57. The van der Waals surface area contributed by atoms with Gasteiger partial charge in [-0.1, -0.05) is 77.0 Å². The third-order valence-corrected chi connectivity index (χ3v) is 14.8. The van der Waals surface area contributed by atoms with Gasteiger partial charge in [0.2, 0.25) is 14.1 Å². The molecule has 0 N–H and O–H groups in total. The van der Waals surface area contributed by atoms with E-state index in [0.717, 1.165) is 12.8 Å². The maximum absolute atomic E-state index is 14.7. The topological polar surface area (TPSA) is 9.23 Å². The fourth-order valence-electron chi connectivity index (χ4n) is 9.29. The SMILES string of the molecule is CC(C)[C@@H](C)/C=C/[C@@H](C)[C@H]1CC[C@H]2C3=CC=C4C[C@@H](O[Si](C)(C)c5c(F)c(F)c(F)c(F)c5F)CC[C@]4(C)[C@H]3CC[C@]12C. The molecule has 1 nitrogen and oxygen atoms in total. The highest BCUT2D eigenvalue weighted by Crippen LogP contribution is 2.66. The van der Waals surface area contributed by atoms with Crippen LogP contribution in [-0.2, 0) is 4.43 Å². The van der Waals surface area contributed by atoms with Gasteiger partial charge >= 0.3 is 0 Å². The first kappa shape index (κ1) is 32.7. The molecule has 0 bridgehead atoms. The molecule has 0 aliphatic heterocycles. The van der Waals surface area contributed by atoms with Gasteiger partial charge in [-0.2, -0.15) is 0 Å². The molecule has 238 valence electrons. The van der Waals surface area contributed by atoms with E-state index in [1.165, 1.54) is 37.9 Å². The second-order valence-corrected chi connectivity index (χ2v) is 19.2. The first-order chi connectivity index (χ1) is 20.0. The highest BCUT2D eigenvalue weighted by molar-refractivity contribution is 6.84. The quantitative estimate of drug-likeness (QED) is 0.0969. The summed E-state index contributed by atoms with van der Waals surface area (Å²) >= 11 is 0. The summed E-state index contributed by atoms with van der Waals surface area (Å²) in [5, 5.41) is -0.776. The van der Waals surface area contributed by atoms with E-state index in [-0.39, 0.29) is 11.5 Å². The molecule has 0 amide bonds. The van der Waals surface area contributed by atoms with Crippen molar-refractivity contribution in [1.82, 2.24) is 0 Å². The molecule has 0 spiro atoms. The predicted molar refractivity (Wildman–Crippen MR) is 166 cm³/mol. The standard InChI is InChI=1S/C36H49F5OSi/c1-20(2)21(3)9-10-22(4)26-13-14-27-25-12-11-23-19-24(15-17-35(23,5)28(25)16-18-36(26,27)6)42-43(7,8)34-32(40)30(38)29(37)31(39)33(34)41/h9-12,20-22,24,26-28H,13-19H2,1-8H3/b10-9+/t21-,22+,24-,26+,27-,28-,35-,36+/m0/s1. The lowest BCUT2D eigenvalue weighted by Crippen LogP contribution is -2.53. The van der Waals surface area contributed by atoms with Gasteiger partial charge in [0.05, 0.1) is 0 Å². The van der Waals surface area contributed by atoms with Crippen LogP contribution in [0.4, 0.5) is 22.0 Å². The largest absolute Gasteiger partial charge is 0.409 e. The molecule has 3 fully saturated rings. The number of allylic oxidation sites excluding steroid dienone is 5. The molecule has 7 heteroatoms. The maximum Gasteiger partial charge on any atom is 0.225 e. The van der Waals surface area contributed by atoms with Crippen LogP contribution >= 0.6 is 0 Å². The lowest BCUT2D eigenvalue weighted by atomic mass is 9.50. The van der Waals surface area contributed by atoms with Crippen LogP contribution in [0.2, 0.25) is 13.1 Å². The summed E-state index contributed by atoms with van der Waals surface area (Å²) in [6, 6.07) is 0. The Bertz CT molecular complexity index is 1320. The molecule has 0 unspecified atom stereocenters. The first-order valence-corrected chi connectivity index (χ1v) is 19.2. The van der Waals surface area contributed by atoms with Crippen molar-refractivity contribution in [3.8, 4) is 0 Å². The van der Waals surface area contributed by atoms with Crippen molar-refractivity contribution in [2.24, 2.45) is 46.3 Å². The summed E-state index contributed by atoms with van der Waals surface area (Å²) in [4.78, 5) is 0. The number of benzene rings is 1. The molecule has 0 saturated heterocycles. The monoisotopic (exact) mass is 620 g/mol. The van der Waals surface area contributed by atoms with Crippen molar-refractivity contribution in [2.45, 2.75) is 106 Å². The van der Waals surface area contributed by atoms with Crippen molar-refractivity contribution >= 4 is 13.5 Å². The molecule has 8 atom stereocenters. The van der Waals surface area contributed by atoms with Gasteiger partial charge in [0.25, 0.3) is 0 Å². The van der Waals surface area contributed by atoms with E-state index < -0.39 is 42.6 Å². The van der Waals surface area contributed by atoms with Crippen molar-refractivity contribution in [1.29, 1.82) is 0 Å². The Kier molecular flexibility index (Phi) is 8.78. The number of hydrogen-bond acceptors (Lipinski definition) is 1. The third kappa shape index (κ3) is 5.42. The number of halogens is 5. The zero-order chi connectivity index (χ0) is 31.6. The van der Waals surface area contributed by atoms with Crippen LogP contribution in [0, 0.1) is 75.4 Å². The average Bonchev–Trinajstić information content (AvgIpc) is 3.30. The van der Waals surface area contributed by atoms with Gasteiger partial charge in [0.15, 0.2) is 23.3 Å². The van der Waals surface area contributed by atoms with Crippen LogP contribution in [0.25, 0.3) is 0 Å². The Balaban J connectivity index is 1.35. The lowest BCUT2D eigenvalue weighted by Gasteiger charge is -2.55. The normalized spacial score (nSPS) is 34.0. The van der Waals surface area contributed by atoms with Crippen molar-refractivity contribution in [3.63, 3.8) is 0 Å². The van der Waals surface area contributed by atoms with Gasteiger partial charge in [-0.05, 0) is 104 Å². The molecule has 0 aromatic heterocycles. The lowest BCUT2D eigenvalue weighted by molar-refractivity contribution is 0.0419. The van der Waals surface area contributed by atoms with Crippen LogP contribution in [0.15, 0.2) is 35.5 Å². The summed E-state index contributed by atoms with van der Waals surface area (Å²) < 4.78 is 77.5. The molecule has 3 saturated carbocycles. The molecule has 4 aliphatic carbocycles. The minimum Gasteiger partial charge on any atom is -0.409 e. The maximum atomic E-state index is 14.7. The second-order valence-electron chi connectivity index (χ2n) is 15.4. The number of hydrogen-bond donors (Lipinski definition) is 0. The van der Waals surface area contributed by atoms with Crippen LogP contribution in [0.3, 0.4) is 0 Å². The van der Waals surface area contributed by atoms with E-state index in [2.05, 4.69) is 65.8 Å². The minimum atomic E-state index is -3.47. The van der Waals surface area contributed by atoms with Gasteiger partial charge in [-0.3, -0.25) is 0 Å². The van der Waals surface area contributed by atoms with E-state index in [1.54, 1.807) is 5.57 Å². The van der Waals surface area contributed by atoms with Crippen molar-refractivity contribution < 1.29 is 26.4 Å². The Hall–Kier alpha value is -1.73. The Morgan fingerprint density at radius 3 is 2.05 bits per heavy atom. The van der Waals surface area contributed by atoms with E-state index in [1.807, 2.05) is 0 Å². The molecule has 0 radical (unpaired) electrons. The average molecular weight is 621 g/mol. The zero-order valence-corrected chi connectivity index (χ0v) is 28.1. The van der Waals surface area contributed by atoms with Crippen LogP contribution in [-0.4, -0.2) is 14.4 Å². The van der Waals surface area contributed by atoms with Gasteiger partial charge in [-0.25, -0.2) is 22.0 Å². The van der Waals surface area contributed by atoms with Gasteiger partial charge in [0, 0.05) is 11.3 Å². The molecule has 5 rings (SSSR count). The second kappa shape index (κ2) is 11.6. The first-order valence-electron chi connectivity index (χ1n) is 16.3.